The van der Waals surface area contributed by atoms with E-state index in [1.807, 2.05) is 11.0 Å². The number of piperazine rings is 1. The summed E-state index contributed by atoms with van der Waals surface area (Å²) in [5, 5.41) is 3.81. The molecule has 1 aromatic rings. The third kappa shape index (κ3) is 3.60. The van der Waals surface area contributed by atoms with Gasteiger partial charge in [-0.3, -0.25) is 4.79 Å². The van der Waals surface area contributed by atoms with E-state index in [1.165, 1.54) is 0 Å². The van der Waals surface area contributed by atoms with Gasteiger partial charge in [0.15, 0.2) is 0 Å². The van der Waals surface area contributed by atoms with Gasteiger partial charge in [0.25, 0.3) is 5.91 Å². The minimum Gasteiger partial charge on any atom is -0.336 e. The van der Waals surface area contributed by atoms with Crippen LogP contribution in [-0.4, -0.2) is 36.5 Å². The van der Waals surface area contributed by atoms with E-state index >= 15 is 0 Å². The lowest BCUT2D eigenvalue weighted by molar-refractivity contribution is 0.0709. The molecular formula is C12H15BrCl2N2O. The molecule has 6 heteroatoms. The van der Waals surface area contributed by atoms with Crippen LogP contribution in [-0.2, 0) is 0 Å². The summed E-state index contributed by atoms with van der Waals surface area (Å²) in [4.78, 5) is 14.2. The number of carbonyl (C=O) groups excluding carboxylic acids is 1. The van der Waals surface area contributed by atoms with Gasteiger partial charge in [0, 0.05) is 30.1 Å². The Labute approximate surface area is 126 Å². The monoisotopic (exact) mass is 352 g/mol. The Balaban J connectivity index is 0.00000162. The first-order valence-electron chi connectivity index (χ1n) is 5.55. The highest BCUT2D eigenvalue weighted by Gasteiger charge is 2.23. The third-order valence-corrected chi connectivity index (χ3v) is 3.64. The largest absolute Gasteiger partial charge is 0.336 e. The van der Waals surface area contributed by atoms with Crippen molar-refractivity contribution < 1.29 is 4.79 Å². The van der Waals surface area contributed by atoms with Crippen molar-refractivity contribution in [2.45, 2.75) is 13.0 Å². The van der Waals surface area contributed by atoms with Gasteiger partial charge in [-0.1, -0.05) is 27.5 Å². The minimum absolute atomic E-state index is 0. The molecule has 18 heavy (non-hydrogen) atoms. The van der Waals surface area contributed by atoms with Crippen LogP contribution in [0.4, 0.5) is 0 Å². The molecule has 1 atom stereocenters. The van der Waals surface area contributed by atoms with E-state index in [4.69, 9.17) is 11.6 Å². The number of benzene rings is 1. The summed E-state index contributed by atoms with van der Waals surface area (Å²) in [6.45, 7) is 4.36. The van der Waals surface area contributed by atoms with E-state index in [9.17, 15) is 4.79 Å². The summed E-state index contributed by atoms with van der Waals surface area (Å²) in [6, 6.07) is 5.68. The van der Waals surface area contributed by atoms with E-state index in [2.05, 4.69) is 28.2 Å². The molecule has 1 aliphatic heterocycles. The number of nitrogens with zero attached hydrogens (tertiary/aromatic N) is 1. The molecule has 0 radical (unpaired) electrons. The smallest absolute Gasteiger partial charge is 0.255 e. The fourth-order valence-corrected chi connectivity index (χ4v) is 2.51. The van der Waals surface area contributed by atoms with E-state index in [0.717, 1.165) is 24.1 Å². The van der Waals surface area contributed by atoms with Crippen molar-refractivity contribution in [3.63, 3.8) is 0 Å². The third-order valence-electron chi connectivity index (χ3n) is 2.81. The van der Waals surface area contributed by atoms with Gasteiger partial charge in [-0.25, -0.2) is 0 Å². The van der Waals surface area contributed by atoms with Gasteiger partial charge in [-0.05, 0) is 25.1 Å². The van der Waals surface area contributed by atoms with Gasteiger partial charge in [-0.15, -0.1) is 12.4 Å². The zero-order valence-corrected chi connectivity index (χ0v) is 13.1. The first-order chi connectivity index (χ1) is 8.08. The standard InChI is InChI=1S/C12H14BrClN2O.ClH/c1-8-7-16(5-4-15-8)12(17)10-6-9(13)2-3-11(10)14;/h2-3,6,8,15H,4-5,7H2,1H3;1H. The first kappa shape index (κ1) is 15.8. The molecule has 1 unspecified atom stereocenters. The Hall–Kier alpha value is -0.290. The normalized spacial score (nSPS) is 19.3. The van der Waals surface area contributed by atoms with Gasteiger partial charge in [-0.2, -0.15) is 0 Å². The predicted molar refractivity (Wildman–Crippen MR) is 79.8 cm³/mol. The van der Waals surface area contributed by atoms with Gasteiger partial charge in [0.1, 0.15) is 0 Å². The predicted octanol–water partition coefficient (Wildman–Crippen LogP) is 2.96. The maximum absolute atomic E-state index is 12.3. The molecule has 2 rings (SSSR count). The lowest BCUT2D eigenvalue weighted by Crippen LogP contribution is -2.51. The molecule has 1 fully saturated rings. The molecule has 0 aliphatic carbocycles. The van der Waals surface area contributed by atoms with Crippen LogP contribution in [0.1, 0.15) is 17.3 Å². The van der Waals surface area contributed by atoms with Gasteiger partial charge >= 0.3 is 0 Å². The van der Waals surface area contributed by atoms with Gasteiger partial charge in [0.2, 0.25) is 0 Å². The highest BCUT2D eigenvalue weighted by atomic mass is 79.9. The number of carbonyl (C=O) groups is 1. The number of nitrogens with one attached hydrogen (secondary N) is 1. The lowest BCUT2D eigenvalue weighted by atomic mass is 10.1. The fourth-order valence-electron chi connectivity index (χ4n) is 1.95. The van der Waals surface area contributed by atoms with Crippen LogP contribution in [0.3, 0.4) is 0 Å². The SMILES string of the molecule is CC1CN(C(=O)c2cc(Br)ccc2Cl)CCN1.Cl. The Kier molecular flexibility index (Phi) is 5.92. The maximum Gasteiger partial charge on any atom is 0.255 e. The molecule has 1 aliphatic rings. The van der Waals surface area contributed by atoms with Crippen molar-refractivity contribution in [1.82, 2.24) is 10.2 Å². The summed E-state index contributed by atoms with van der Waals surface area (Å²) in [5.41, 5.74) is 0.565. The summed E-state index contributed by atoms with van der Waals surface area (Å²) < 4.78 is 0.869. The Bertz CT molecular complexity index is 442. The topological polar surface area (TPSA) is 32.3 Å². The maximum atomic E-state index is 12.3. The molecule has 0 saturated carbocycles. The molecule has 1 saturated heterocycles. The van der Waals surface area contributed by atoms with Crippen molar-refractivity contribution in [3.8, 4) is 0 Å². The summed E-state index contributed by atoms with van der Waals surface area (Å²) in [6.07, 6.45) is 0. The lowest BCUT2D eigenvalue weighted by Gasteiger charge is -2.32. The van der Waals surface area contributed by atoms with Crippen LogP contribution in [0.25, 0.3) is 0 Å². The fraction of sp³-hybridized carbons (Fsp3) is 0.417. The van der Waals surface area contributed by atoms with E-state index in [0.29, 0.717) is 16.6 Å². The Morgan fingerprint density at radius 2 is 2.28 bits per heavy atom. The van der Waals surface area contributed by atoms with Gasteiger partial charge < -0.3 is 10.2 Å². The van der Waals surface area contributed by atoms with Crippen molar-refractivity contribution >= 4 is 45.8 Å². The number of rotatable bonds is 1. The van der Waals surface area contributed by atoms with Crippen LogP contribution < -0.4 is 5.32 Å². The molecular weight excluding hydrogens is 339 g/mol. The van der Waals surface area contributed by atoms with Crippen molar-refractivity contribution in [3.05, 3.63) is 33.3 Å². The quantitative estimate of drug-likeness (QED) is 0.841. The van der Waals surface area contributed by atoms with Crippen LogP contribution >= 0.6 is 39.9 Å². The summed E-state index contributed by atoms with van der Waals surface area (Å²) in [7, 11) is 0. The molecule has 0 spiro atoms. The van der Waals surface area contributed by atoms with E-state index < -0.39 is 0 Å². The average Bonchev–Trinajstić information content (AvgIpc) is 2.31. The Morgan fingerprint density at radius 3 is 2.94 bits per heavy atom. The molecule has 1 aromatic carbocycles. The highest BCUT2D eigenvalue weighted by Crippen LogP contribution is 2.22. The molecule has 3 nitrogen and oxygen atoms in total. The van der Waals surface area contributed by atoms with Crippen LogP contribution in [0.5, 0.6) is 0 Å². The Morgan fingerprint density at radius 1 is 1.56 bits per heavy atom. The number of hydrogen-bond acceptors (Lipinski definition) is 2. The first-order valence-corrected chi connectivity index (χ1v) is 6.72. The zero-order chi connectivity index (χ0) is 12.4. The molecule has 1 N–H and O–H groups in total. The van der Waals surface area contributed by atoms with Crippen LogP contribution in [0.15, 0.2) is 22.7 Å². The van der Waals surface area contributed by atoms with Gasteiger partial charge in [0.05, 0.1) is 10.6 Å². The number of amides is 1. The molecule has 1 heterocycles. The van der Waals surface area contributed by atoms with Crippen LogP contribution in [0, 0.1) is 0 Å². The van der Waals surface area contributed by atoms with E-state index in [1.54, 1.807) is 12.1 Å². The van der Waals surface area contributed by atoms with Crippen LogP contribution in [0.2, 0.25) is 5.02 Å². The number of halogens is 3. The second-order valence-corrected chi connectivity index (χ2v) is 5.55. The molecule has 0 aromatic heterocycles. The minimum atomic E-state index is 0. The summed E-state index contributed by atoms with van der Waals surface area (Å²) >= 11 is 9.42. The zero-order valence-electron chi connectivity index (χ0n) is 9.95. The second-order valence-electron chi connectivity index (χ2n) is 4.23. The van der Waals surface area contributed by atoms with Crippen molar-refractivity contribution in [2.75, 3.05) is 19.6 Å². The molecule has 1 amide bonds. The second kappa shape index (κ2) is 6.75. The number of hydrogen-bond donors (Lipinski definition) is 1. The molecule has 0 bridgehead atoms. The van der Waals surface area contributed by atoms with E-state index in [-0.39, 0.29) is 18.3 Å². The highest BCUT2D eigenvalue weighted by molar-refractivity contribution is 9.10. The van der Waals surface area contributed by atoms with Crippen molar-refractivity contribution in [1.29, 1.82) is 0 Å². The average molecular weight is 354 g/mol. The molecule has 100 valence electrons. The summed E-state index contributed by atoms with van der Waals surface area (Å²) in [5.74, 6) is 0.00431. The van der Waals surface area contributed by atoms with Crippen molar-refractivity contribution in [2.24, 2.45) is 0 Å².